The normalized spacial score (nSPS) is 23.4. The molecule has 3 aliphatic heterocycles. The third kappa shape index (κ3) is 4.35. The Labute approximate surface area is 222 Å². The minimum atomic E-state index is -0.458. The van der Waals surface area contributed by atoms with Gasteiger partial charge >= 0.3 is 0 Å². The number of pyridine rings is 1. The first-order valence-corrected chi connectivity index (χ1v) is 13.6. The van der Waals surface area contributed by atoms with Crippen molar-refractivity contribution in [1.82, 2.24) is 9.88 Å². The Balaban J connectivity index is 1.39. The average Bonchev–Trinajstić information content (AvgIpc) is 2.98. The van der Waals surface area contributed by atoms with Gasteiger partial charge in [-0.1, -0.05) is 43.7 Å². The molecule has 1 unspecified atom stereocenters. The fourth-order valence-corrected chi connectivity index (χ4v) is 6.55. The zero-order valence-electron chi connectivity index (χ0n) is 21.9. The zero-order valence-corrected chi connectivity index (χ0v) is 21.9. The Morgan fingerprint density at radius 3 is 2.63 bits per heavy atom. The summed E-state index contributed by atoms with van der Waals surface area (Å²) in [5.74, 6) is 2.15. The number of benzene rings is 2. The molecule has 0 amide bonds. The molecule has 0 saturated carbocycles. The van der Waals surface area contributed by atoms with Crippen LogP contribution in [0.1, 0.15) is 43.4 Å². The van der Waals surface area contributed by atoms with Crippen LogP contribution in [0.5, 0.6) is 5.75 Å². The first-order chi connectivity index (χ1) is 18.6. The van der Waals surface area contributed by atoms with Crippen LogP contribution in [0.25, 0.3) is 10.9 Å². The largest absolute Gasteiger partial charge is 0.497 e. The predicted molar refractivity (Wildman–Crippen MR) is 152 cm³/mol. The van der Waals surface area contributed by atoms with E-state index in [4.69, 9.17) is 4.74 Å². The van der Waals surface area contributed by atoms with Crippen molar-refractivity contribution in [2.45, 2.75) is 44.8 Å². The molecular formula is C31H34N4O3. The van der Waals surface area contributed by atoms with Crippen LogP contribution < -0.4 is 26.2 Å². The van der Waals surface area contributed by atoms with Crippen LogP contribution in [-0.2, 0) is 6.54 Å². The molecule has 3 aliphatic rings. The van der Waals surface area contributed by atoms with E-state index in [-0.39, 0.29) is 12.1 Å². The van der Waals surface area contributed by atoms with E-state index in [2.05, 4.69) is 27.4 Å². The lowest BCUT2D eigenvalue weighted by molar-refractivity contribution is -0.00782. The number of hydrogen-bond donors (Lipinski definition) is 2. The number of aromatic nitrogens is 1. The number of anilines is 2. The molecule has 3 fully saturated rings. The fraction of sp³-hybridized carbons (Fsp3) is 0.387. The summed E-state index contributed by atoms with van der Waals surface area (Å²) in [6.07, 6.45) is 5.30. The average molecular weight is 511 g/mol. The van der Waals surface area contributed by atoms with E-state index >= 15 is 0 Å². The second-order valence-electron chi connectivity index (χ2n) is 10.7. The summed E-state index contributed by atoms with van der Waals surface area (Å²) < 4.78 is 5.54. The summed E-state index contributed by atoms with van der Waals surface area (Å²) in [6, 6.07) is 17.9. The van der Waals surface area contributed by atoms with Gasteiger partial charge in [0.05, 0.1) is 18.7 Å². The van der Waals surface area contributed by atoms with E-state index in [1.165, 1.54) is 12.8 Å². The molecule has 0 spiro atoms. The van der Waals surface area contributed by atoms with Crippen molar-refractivity contribution in [3.05, 3.63) is 92.4 Å². The number of fused-ring (bicyclic) bond motifs is 4. The summed E-state index contributed by atoms with van der Waals surface area (Å²) in [7, 11) is 1.66. The number of ether oxygens (including phenoxy) is 1. The SMILES string of the molecule is CC[C@H]1CN2CC[C@H]1C[C@H]2[C@@H](Nc1c(NCc2ccccc2)c(=O)c1=O)c1ccnc2ccc(OC)cc12. The van der Waals surface area contributed by atoms with Gasteiger partial charge in [0.1, 0.15) is 17.1 Å². The molecule has 0 aliphatic carbocycles. The Morgan fingerprint density at radius 1 is 1.08 bits per heavy atom. The molecule has 2 bridgehead atoms. The molecule has 4 aromatic rings. The lowest BCUT2D eigenvalue weighted by atomic mass is 9.72. The van der Waals surface area contributed by atoms with Crippen molar-refractivity contribution in [1.29, 1.82) is 0 Å². The third-order valence-corrected chi connectivity index (χ3v) is 8.69. The van der Waals surface area contributed by atoms with Crippen LogP contribution in [0.2, 0.25) is 0 Å². The Bertz CT molecular complexity index is 1510. The zero-order chi connectivity index (χ0) is 26.2. The van der Waals surface area contributed by atoms with Gasteiger partial charge < -0.3 is 15.4 Å². The van der Waals surface area contributed by atoms with Gasteiger partial charge in [0.15, 0.2) is 0 Å². The van der Waals surface area contributed by atoms with E-state index in [1.54, 1.807) is 7.11 Å². The number of nitrogens with one attached hydrogen (secondary N) is 2. The third-order valence-electron chi connectivity index (χ3n) is 8.69. The van der Waals surface area contributed by atoms with Gasteiger partial charge in [0.25, 0.3) is 10.9 Å². The predicted octanol–water partition coefficient (Wildman–Crippen LogP) is 4.73. The van der Waals surface area contributed by atoms with Crippen molar-refractivity contribution in [2.75, 3.05) is 30.8 Å². The fourth-order valence-electron chi connectivity index (χ4n) is 6.55. The maximum absolute atomic E-state index is 12.9. The second-order valence-corrected chi connectivity index (χ2v) is 10.7. The minimum Gasteiger partial charge on any atom is -0.497 e. The van der Waals surface area contributed by atoms with Gasteiger partial charge in [-0.05, 0) is 66.6 Å². The molecule has 196 valence electrons. The molecule has 3 aromatic carbocycles. The molecule has 7 rings (SSSR count). The molecule has 4 heterocycles. The molecule has 38 heavy (non-hydrogen) atoms. The number of piperidine rings is 3. The standard InChI is InChI=1S/C31H34N4O3/c1-3-20-18-35-14-12-21(20)15-26(35)27(23-11-13-32-25-10-9-22(38-2)16-24(23)25)34-29-28(30(36)31(29)37)33-17-19-7-5-4-6-8-19/h4-11,13,16,20-21,26-27,33-34H,3,12,14-15,17-18H2,1-2H3/t20-,21-,26-,27-/m0/s1. The lowest BCUT2D eigenvalue weighted by Gasteiger charge is -2.52. The number of hydrogen-bond acceptors (Lipinski definition) is 7. The quantitative estimate of drug-likeness (QED) is 0.315. The number of nitrogens with zero attached hydrogens (tertiary/aromatic N) is 2. The van der Waals surface area contributed by atoms with Crippen molar-refractivity contribution in [2.24, 2.45) is 11.8 Å². The van der Waals surface area contributed by atoms with Crippen molar-refractivity contribution in [3.8, 4) is 5.75 Å². The maximum atomic E-state index is 12.9. The lowest BCUT2D eigenvalue weighted by Crippen LogP contribution is -2.56. The highest BCUT2D eigenvalue weighted by Gasteiger charge is 2.43. The molecular weight excluding hydrogens is 476 g/mol. The van der Waals surface area contributed by atoms with Crippen molar-refractivity contribution in [3.63, 3.8) is 0 Å². The molecule has 2 N–H and O–H groups in total. The van der Waals surface area contributed by atoms with Gasteiger partial charge in [0.2, 0.25) is 0 Å². The first-order valence-electron chi connectivity index (χ1n) is 13.6. The van der Waals surface area contributed by atoms with Crippen molar-refractivity contribution < 1.29 is 4.74 Å². The highest BCUT2D eigenvalue weighted by atomic mass is 16.5. The summed E-state index contributed by atoms with van der Waals surface area (Å²) in [5.41, 5.74) is 2.85. The molecule has 3 saturated heterocycles. The minimum absolute atomic E-state index is 0.172. The number of methoxy groups -OCH3 is 1. The Kier molecular flexibility index (Phi) is 6.62. The molecule has 0 radical (unpaired) electrons. The molecule has 1 aromatic heterocycles. The summed E-state index contributed by atoms with van der Waals surface area (Å²) in [5, 5.41) is 7.82. The number of rotatable bonds is 9. The summed E-state index contributed by atoms with van der Waals surface area (Å²) >= 11 is 0. The topological polar surface area (TPSA) is 83.6 Å². The monoisotopic (exact) mass is 510 g/mol. The molecule has 7 heteroatoms. The van der Waals surface area contributed by atoms with Crippen molar-refractivity contribution >= 4 is 22.3 Å². The summed E-state index contributed by atoms with van der Waals surface area (Å²) in [4.78, 5) is 32.7. The van der Waals surface area contributed by atoms with E-state index in [1.807, 2.05) is 60.8 Å². The smallest absolute Gasteiger partial charge is 0.253 e. The maximum Gasteiger partial charge on any atom is 0.253 e. The highest BCUT2D eigenvalue weighted by Crippen LogP contribution is 2.44. The molecule has 5 atom stereocenters. The van der Waals surface area contributed by atoms with Gasteiger partial charge in [-0.25, -0.2) is 0 Å². The van der Waals surface area contributed by atoms with Gasteiger partial charge in [-0.2, -0.15) is 0 Å². The van der Waals surface area contributed by atoms with Gasteiger partial charge in [0, 0.05) is 30.7 Å². The van der Waals surface area contributed by atoms with Crippen LogP contribution in [0, 0.1) is 11.8 Å². The van der Waals surface area contributed by atoms with E-state index < -0.39 is 10.9 Å². The Morgan fingerprint density at radius 2 is 1.89 bits per heavy atom. The van der Waals surface area contributed by atoms with Crippen LogP contribution in [-0.4, -0.2) is 36.1 Å². The Hall–Kier alpha value is -3.71. The van der Waals surface area contributed by atoms with E-state index in [9.17, 15) is 9.59 Å². The van der Waals surface area contributed by atoms with E-state index in [0.29, 0.717) is 29.8 Å². The van der Waals surface area contributed by atoms with Gasteiger partial charge in [-0.3, -0.25) is 19.5 Å². The van der Waals surface area contributed by atoms with Gasteiger partial charge in [-0.15, -0.1) is 0 Å². The van der Waals surface area contributed by atoms with Crippen LogP contribution in [0.15, 0.2) is 70.4 Å². The molecule has 7 nitrogen and oxygen atoms in total. The second kappa shape index (κ2) is 10.2. The van der Waals surface area contributed by atoms with Crippen LogP contribution in [0.3, 0.4) is 0 Å². The first kappa shape index (κ1) is 24.6. The van der Waals surface area contributed by atoms with Crippen LogP contribution >= 0.6 is 0 Å². The van der Waals surface area contributed by atoms with E-state index in [0.717, 1.165) is 47.3 Å². The highest BCUT2D eigenvalue weighted by molar-refractivity contribution is 5.85. The summed E-state index contributed by atoms with van der Waals surface area (Å²) in [6.45, 7) is 4.90. The van der Waals surface area contributed by atoms with Crippen LogP contribution in [0.4, 0.5) is 11.4 Å².